The van der Waals surface area contributed by atoms with Crippen molar-refractivity contribution in [2.75, 3.05) is 19.7 Å². The molecular weight excluding hydrogens is 298 g/mol. The standard InChI is InChI=1S/C13H16BrNO3/c14-12-4-3-11(7-10(12)8-16)18-9-13(17)15-5-1-2-6-15/h3-4,7,16H,1-2,5-6,8-9H2. The summed E-state index contributed by atoms with van der Waals surface area (Å²) in [6.45, 7) is 1.68. The number of ether oxygens (including phenoxy) is 1. The summed E-state index contributed by atoms with van der Waals surface area (Å²) >= 11 is 3.33. The van der Waals surface area contributed by atoms with Crippen molar-refractivity contribution in [3.63, 3.8) is 0 Å². The van der Waals surface area contributed by atoms with Crippen molar-refractivity contribution in [2.24, 2.45) is 0 Å². The van der Waals surface area contributed by atoms with Gasteiger partial charge in [-0.25, -0.2) is 0 Å². The number of amides is 1. The zero-order valence-electron chi connectivity index (χ0n) is 10.1. The number of halogens is 1. The minimum atomic E-state index is -0.0577. The van der Waals surface area contributed by atoms with Crippen LogP contribution in [-0.2, 0) is 11.4 Å². The molecule has 0 unspecified atom stereocenters. The summed E-state index contributed by atoms with van der Waals surface area (Å²) in [5.41, 5.74) is 0.751. The van der Waals surface area contributed by atoms with Crippen molar-refractivity contribution in [1.29, 1.82) is 0 Å². The lowest BCUT2D eigenvalue weighted by Crippen LogP contribution is -2.32. The van der Waals surface area contributed by atoms with Crippen LogP contribution in [0.25, 0.3) is 0 Å². The predicted octanol–water partition coefficient (Wildman–Crippen LogP) is 1.94. The summed E-state index contributed by atoms with van der Waals surface area (Å²) in [4.78, 5) is 13.6. The molecule has 1 saturated heterocycles. The lowest BCUT2D eigenvalue weighted by Gasteiger charge is -2.15. The third kappa shape index (κ3) is 3.23. The van der Waals surface area contributed by atoms with E-state index in [4.69, 9.17) is 9.84 Å². The van der Waals surface area contributed by atoms with Crippen molar-refractivity contribution >= 4 is 21.8 Å². The van der Waals surface area contributed by atoms with E-state index >= 15 is 0 Å². The number of benzene rings is 1. The number of likely N-dealkylation sites (tertiary alicyclic amines) is 1. The fraction of sp³-hybridized carbons (Fsp3) is 0.462. The highest BCUT2D eigenvalue weighted by molar-refractivity contribution is 9.10. The van der Waals surface area contributed by atoms with Gasteiger partial charge in [-0.1, -0.05) is 15.9 Å². The molecule has 0 bridgehead atoms. The topological polar surface area (TPSA) is 49.8 Å². The van der Waals surface area contributed by atoms with Gasteiger partial charge < -0.3 is 14.7 Å². The molecule has 0 atom stereocenters. The Labute approximate surface area is 115 Å². The second-order valence-corrected chi connectivity index (χ2v) is 5.14. The number of carbonyl (C=O) groups excluding carboxylic acids is 1. The first kappa shape index (κ1) is 13.4. The first-order valence-electron chi connectivity index (χ1n) is 6.00. The maximum atomic E-state index is 11.8. The van der Waals surface area contributed by atoms with Crippen molar-refractivity contribution < 1.29 is 14.6 Å². The first-order valence-corrected chi connectivity index (χ1v) is 6.80. The number of aliphatic hydroxyl groups excluding tert-OH is 1. The van der Waals surface area contributed by atoms with E-state index in [0.717, 1.165) is 36.0 Å². The first-order chi connectivity index (χ1) is 8.70. The molecule has 0 aromatic heterocycles. The van der Waals surface area contributed by atoms with Gasteiger partial charge in [-0.05, 0) is 36.6 Å². The molecule has 2 rings (SSSR count). The molecule has 1 aromatic rings. The monoisotopic (exact) mass is 313 g/mol. The van der Waals surface area contributed by atoms with Crippen LogP contribution < -0.4 is 4.74 Å². The largest absolute Gasteiger partial charge is 0.484 e. The average molecular weight is 314 g/mol. The van der Waals surface area contributed by atoms with Gasteiger partial charge in [0.05, 0.1) is 6.61 Å². The second kappa shape index (κ2) is 6.20. The number of nitrogens with zero attached hydrogens (tertiary/aromatic N) is 1. The Balaban J connectivity index is 1.91. The van der Waals surface area contributed by atoms with E-state index in [9.17, 15) is 4.79 Å². The average Bonchev–Trinajstić information content (AvgIpc) is 2.91. The van der Waals surface area contributed by atoms with E-state index in [1.54, 1.807) is 18.2 Å². The van der Waals surface area contributed by atoms with E-state index in [2.05, 4.69) is 15.9 Å². The van der Waals surface area contributed by atoms with E-state index < -0.39 is 0 Å². The summed E-state index contributed by atoms with van der Waals surface area (Å²) < 4.78 is 6.29. The van der Waals surface area contributed by atoms with Crippen LogP contribution in [0.5, 0.6) is 5.75 Å². The summed E-state index contributed by atoms with van der Waals surface area (Å²) in [5.74, 6) is 0.635. The molecule has 1 aliphatic rings. The highest BCUT2D eigenvalue weighted by Gasteiger charge is 2.18. The van der Waals surface area contributed by atoms with Crippen LogP contribution in [-0.4, -0.2) is 35.6 Å². The van der Waals surface area contributed by atoms with Crippen LogP contribution in [0, 0.1) is 0 Å². The van der Waals surface area contributed by atoms with Gasteiger partial charge in [0, 0.05) is 17.6 Å². The predicted molar refractivity (Wildman–Crippen MR) is 71.4 cm³/mol. The lowest BCUT2D eigenvalue weighted by atomic mass is 10.2. The quantitative estimate of drug-likeness (QED) is 0.924. The fourth-order valence-corrected chi connectivity index (χ4v) is 2.34. The molecule has 1 aliphatic heterocycles. The van der Waals surface area contributed by atoms with Crippen LogP contribution in [0.15, 0.2) is 22.7 Å². The zero-order chi connectivity index (χ0) is 13.0. The maximum absolute atomic E-state index is 11.8. The van der Waals surface area contributed by atoms with Crippen molar-refractivity contribution in [3.05, 3.63) is 28.2 Å². The Bertz CT molecular complexity index is 430. The van der Waals surface area contributed by atoms with Crippen molar-refractivity contribution in [1.82, 2.24) is 4.90 Å². The molecule has 1 aromatic carbocycles. The fourth-order valence-electron chi connectivity index (χ4n) is 1.96. The van der Waals surface area contributed by atoms with Crippen LogP contribution in [0.1, 0.15) is 18.4 Å². The van der Waals surface area contributed by atoms with Gasteiger partial charge in [0.1, 0.15) is 5.75 Å². The van der Waals surface area contributed by atoms with Crippen LogP contribution in [0.4, 0.5) is 0 Å². The zero-order valence-corrected chi connectivity index (χ0v) is 11.6. The Hall–Kier alpha value is -1.07. The molecule has 4 nitrogen and oxygen atoms in total. The summed E-state index contributed by atoms with van der Waals surface area (Å²) in [7, 11) is 0. The molecule has 1 N–H and O–H groups in total. The Morgan fingerprint density at radius 2 is 2.11 bits per heavy atom. The highest BCUT2D eigenvalue weighted by atomic mass is 79.9. The highest BCUT2D eigenvalue weighted by Crippen LogP contribution is 2.22. The van der Waals surface area contributed by atoms with E-state index in [-0.39, 0.29) is 19.1 Å². The third-order valence-electron chi connectivity index (χ3n) is 3.01. The number of hydrogen-bond donors (Lipinski definition) is 1. The number of hydrogen-bond acceptors (Lipinski definition) is 3. The second-order valence-electron chi connectivity index (χ2n) is 4.29. The van der Waals surface area contributed by atoms with Crippen LogP contribution in [0.2, 0.25) is 0 Å². The molecule has 0 radical (unpaired) electrons. The van der Waals surface area contributed by atoms with Crippen LogP contribution >= 0.6 is 15.9 Å². The summed E-state index contributed by atoms with van der Waals surface area (Å²) in [5, 5.41) is 9.13. The minimum Gasteiger partial charge on any atom is -0.484 e. The minimum absolute atomic E-state index is 0.0287. The molecular formula is C13H16BrNO3. The van der Waals surface area contributed by atoms with Gasteiger partial charge >= 0.3 is 0 Å². The molecule has 0 aliphatic carbocycles. The summed E-state index contributed by atoms with van der Waals surface area (Å²) in [6, 6.07) is 5.32. The number of carbonyl (C=O) groups is 1. The summed E-state index contributed by atoms with van der Waals surface area (Å²) in [6.07, 6.45) is 2.16. The maximum Gasteiger partial charge on any atom is 0.260 e. The van der Waals surface area contributed by atoms with Crippen molar-refractivity contribution in [3.8, 4) is 5.75 Å². The van der Waals surface area contributed by atoms with Crippen LogP contribution in [0.3, 0.4) is 0 Å². The third-order valence-corrected chi connectivity index (χ3v) is 3.78. The Kier molecular flexibility index (Phi) is 4.60. The molecule has 1 amide bonds. The van der Waals surface area contributed by atoms with Gasteiger partial charge in [0.25, 0.3) is 5.91 Å². The van der Waals surface area contributed by atoms with Gasteiger partial charge in [0.2, 0.25) is 0 Å². The van der Waals surface area contributed by atoms with E-state index in [1.807, 2.05) is 4.90 Å². The molecule has 18 heavy (non-hydrogen) atoms. The SMILES string of the molecule is O=C(COc1ccc(Br)c(CO)c1)N1CCCC1. The van der Waals surface area contributed by atoms with Gasteiger partial charge in [-0.2, -0.15) is 0 Å². The van der Waals surface area contributed by atoms with Gasteiger partial charge in [-0.15, -0.1) is 0 Å². The van der Waals surface area contributed by atoms with Gasteiger partial charge in [-0.3, -0.25) is 4.79 Å². The normalized spacial score (nSPS) is 14.9. The lowest BCUT2D eigenvalue weighted by molar-refractivity contribution is -0.132. The molecule has 1 fully saturated rings. The Morgan fingerprint density at radius 1 is 1.39 bits per heavy atom. The molecule has 98 valence electrons. The number of rotatable bonds is 4. The molecule has 0 spiro atoms. The van der Waals surface area contributed by atoms with Gasteiger partial charge in [0.15, 0.2) is 6.61 Å². The molecule has 1 heterocycles. The molecule has 5 heteroatoms. The van der Waals surface area contributed by atoms with Crippen molar-refractivity contribution in [2.45, 2.75) is 19.4 Å². The number of aliphatic hydroxyl groups is 1. The smallest absolute Gasteiger partial charge is 0.260 e. The molecule has 0 saturated carbocycles. The van der Waals surface area contributed by atoms with E-state index in [0.29, 0.717) is 5.75 Å². The Morgan fingerprint density at radius 3 is 2.78 bits per heavy atom. The van der Waals surface area contributed by atoms with E-state index in [1.165, 1.54) is 0 Å².